The van der Waals surface area contributed by atoms with Gasteiger partial charge in [0.05, 0.1) is 0 Å². The molecule has 2 aromatic rings. The molecule has 0 spiro atoms. The molecule has 2 aromatic carbocycles. The van der Waals surface area contributed by atoms with E-state index in [9.17, 15) is 14.4 Å². The largest absolute Gasteiger partial charge is 0.454 e. The van der Waals surface area contributed by atoms with Crippen LogP contribution in [-0.2, 0) is 27.4 Å². The zero-order chi connectivity index (χ0) is 19.5. The lowest BCUT2D eigenvalue weighted by Crippen LogP contribution is -2.39. The first kappa shape index (κ1) is 20.3. The van der Waals surface area contributed by atoms with E-state index in [2.05, 4.69) is 16.0 Å². The summed E-state index contributed by atoms with van der Waals surface area (Å²) in [6.07, 6.45) is 0. The molecule has 0 aliphatic carbocycles. The minimum absolute atomic E-state index is 0.299. The molecule has 0 fully saturated rings. The fourth-order valence-corrected chi connectivity index (χ4v) is 2.17. The Labute approximate surface area is 162 Å². The minimum atomic E-state index is -0.702. The van der Waals surface area contributed by atoms with Crippen LogP contribution >= 0.6 is 11.6 Å². The summed E-state index contributed by atoms with van der Waals surface area (Å²) in [4.78, 5) is 34.9. The van der Waals surface area contributed by atoms with Gasteiger partial charge in [0.1, 0.15) is 6.54 Å². The van der Waals surface area contributed by atoms with Crippen molar-refractivity contribution in [1.29, 1.82) is 0 Å². The van der Waals surface area contributed by atoms with Crippen LogP contribution in [0.15, 0.2) is 54.6 Å². The molecule has 142 valence electrons. The van der Waals surface area contributed by atoms with Crippen molar-refractivity contribution in [3.63, 3.8) is 0 Å². The number of nitrogens with one attached hydrogen (secondary N) is 3. The fraction of sp³-hybridized carbons (Fsp3) is 0.211. The molecule has 7 nitrogen and oxygen atoms in total. The normalized spacial score (nSPS) is 9.96. The van der Waals surface area contributed by atoms with Crippen LogP contribution < -0.4 is 16.0 Å². The van der Waals surface area contributed by atoms with Crippen molar-refractivity contribution in [2.24, 2.45) is 0 Å². The third-order valence-electron chi connectivity index (χ3n) is 3.46. The van der Waals surface area contributed by atoms with Gasteiger partial charge in [0.2, 0.25) is 0 Å². The Hall–Kier alpha value is -3.06. The van der Waals surface area contributed by atoms with Gasteiger partial charge < -0.3 is 20.7 Å². The molecule has 0 atom stereocenters. The van der Waals surface area contributed by atoms with Gasteiger partial charge in [0.25, 0.3) is 5.91 Å². The Morgan fingerprint density at radius 2 is 1.44 bits per heavy atom. The van der Waals surface area contributed by atoms with Crippen molar-refractivity contribution in [2.75, 3.05) is 13.2 Å². The molecule has 0 radical (unpaired) electrons. The Morgan fingerprint density at radius 1 is 0.815 bits per heavy atom. The van der Waals surface area contributed by atoms with Crippen molar-refractivity contribution in [3.8, 4) is 0 Å². The molecule has 3 N–H and O–H groups in total. The molecule has 3 amide bonds. The Balaban J connectivity index is 1.57. The molecular weight excluding hydrogens is 370 g/mol. The summed E-state index contributed by atoms with van der Waals surface area (Å²) < 4.78 is 4.81. The maximum Gasteiger partial charge on any atom is 0.325 e. The van der Waals surface area contributed by atoms with Crippen molar-refractivity contribution in [2.45, 2.75) is 13.1 Å². The van der Waals surface area contributed by atoms with Crippen molar-refractivity contribution < 1.29 is 19.1 Å². The molecule has 0 unspecified atom stereocenters. The first-order valence-electron chi connectivity index (χ1n) is 8.25. The van der Waals surface area contributed by atoms with Crippen LogP contribution in [0.1, 0.15) is 11.1 Å². The van der Waals surface area contributed by atoms with E-state index in [1.165, 1.54) is 0 Å². The predicted octanol–water partition coefficient (Wildman–Crippen LogP) is 2.00. The molecule has 0 aliphatic heterocycles. The van der Waals surface area contributed by atoms with Gasteiger partial charge in [-0.15, -0.1) is 0 Å². The van der Waals surface area contributed by atoms with E-state index in [0.717, 1.165) is 11.1 Å². The molecule has 0 bridgehead atoms. The number of benzene rings is 2. The molecule has 2 rings (SSSR count). The third kappa shape index (κ3) is 8.24. The van der Waals surface area contributed by atoms with E-state index < -0.39 is 24.5 Å². The number of amides is 3. The highest BCUT2D eigenvalue weighted by molar-refractivity contribution is 6.30. The van der Waals surface area contributed by atoms with E-state index >= 15 is 0 Å². The standard InChI is InChI=1S/C19H20ClN3O4/c20-16-8-6-15(7-9-16)10-21-17(24)13-27-18(25)12-23-19(26)22-11-14-4-2-1-3-5-14/h1-9H,10-13H2,(H,21,24)(H2,22,23,26). The van der Waals surface area contributed by atoms with Gasteiger partial charge in [-0.3, -0.25) is 9.59 Å². The highest BCUT2D eigenvalue weighted by Gasteiger charge is 2.09. The van der Waals surface area contributed by atoms with Crippen LogP contribution in [0.25, 0.3) is 0 Å². The van der Waals surface area contributed by atoms with Gasteiger partial charge in [-0.1, -0.05) is 54.1 Å². The number of carbonyl (C=O) groups is 3. The Morgan fingerprint density at radius 3 is 2.15 bits per heavy atom. The van der Waals surface area contributed by atoms with Crippen LogP contribution in [0.2, 0.25) is 5.02 Å². The van der Waals surface area contributed by atoms with Crippen LogP contribution in [0.4, 0.5) is 4.79 Å². The quantitative estimate of drug-likeness (QED) is 0.601. The average molecular weight is 390 g/mol. The van der Waals surface area contributed by atoms with E-state index in [1.54, 1.807) is 24.3 Å². The minimum Gasteiger partial charge on any atom is -0.454 e. The summed E-state index contributed by atoms with van der Waals surface area (Å²) in [5.74, 6) is -1.14. The number of esters is 1. The predicted molar refractivity (Wildman–Crippen MR) is 101 cm³/mol. The number of hydrogen-bond acceptors (Lipinski definition) is 4. The van der Waals surface area contributed by atoms with Crippen molar-refractivity contribution in [1.82, 2.24) is 16.0 Å². The van der Waals surface area contributed by atoms with Crippen molar-refractivity contribution >= 4 is 29.5 Å². The van der Waals surface area contributed by atoms with Crippen molar-refractivity contribution in [3.05, 3.63) is 70.7 Å². The second kappa shape index (κ2) is 10.8. The Bertz CT molecular complexity index is 766. The molecular formula is C19H20ClN3O4. The van der Waals surface area contributed by atoms with Crippen LogP contribution in [0.5, 0.6) is 0 Å². The lowest BCUT2D eigenvalue weighted by atomic mass is 10.2. The number of ether oxygens (including phenoxy) is 1. The van der Waals surface area contributed by atoms with Gasteiger partial charge in [-0.2, -0.15) is 0 Å². The Kier molecular flexibility index (Phi) is 8.12. The summed E-state index contributed by atoms with van der Waals surface area (Å²) in [7, 11) is 0. The second-order valence-electron chi connectivity index (χ2n) is 5.59. The molecule has 0 heterocycles. The van der Waals surface area contributed by atoms with Crippen LogP contribution in [0.3, 0.4) is 0 Å². The van der Waals surface area contributed by atoms with Gasteiger partial charge in [0.15, 0.2) is 6.61 Å². The maximum atomic E-state index is 11.7. The zero-order valence-corrected chi connectivity index (χ0v) is 15.3. The summed E-state index contributed by atoms with van der Waals surface area (Å²) >= 11 is 5.78. The molecule has 27 heavy (non-hydrogen) atoms. The molecule has 0 aliphatic rings. The zero-order valence-electron chi connectivity index (χ0n) is 14.5. The number of hydrogen-bond donors (Lipinski definition) is 3. The third-order valence-corrected chi connectivity index (χ3v) is 3.71. The van der Waals surface area contributed by atoms with E-state index in [0.29, 0.717) is 18.1 Å². The number of urea groups is 1. The molecule has 0 saturated heterocycles. The topological polar surface area (TPSA) is 96.5 Å². The van der Waals surface area contributed by atoms with E-state index in [-0.39, 0.29) is 6.54 Å². The summed E-state index contributed by atoms with van der Waals surface area (Å²) in [5, 5.41) is 8.21. The first-order chi connectivity index (χ1) is 13.0. The highest BCUT2D eigenvalue weighted by atomic mass is 35.5. The lowest BCUT2D eigenvalue weighted by molar-refractivity contribution is -0.147. The van der Waals surface area contributed by atoms with Gasteiger partial charge in [0, 0.05) is 18.1 Å². The highest BCUT2D eigenvalue weighted by Crippen LogP contribution is 2.08. The fourth-order valence-electron chi connectivity index (χ4n) is 2.04. The number of rotatable bonds is 8. The number of carbonyl (C=O) groups excluding carboxylic acids is 3. The molecule has 0 aromatic heterocycles. The summed E-state index contributed by atoms with van der Waals surface area (Å²) in [6.45, 7) is -0.104. The lowest BCUT2D eigenvalue weighted by Gasteiger charge is -2.09. The van der Waals surface area contributed by atoms with E-state index in [1.807, 2.05) is 30.3 Å². The summed E-state index contributed by atoms with van der Waals surface area (Å²) in [6, 6.07) is 15.9. The van der Waals surface area contributed by atoms with Gasteiger partial charge >= 0.3 is 12.0 Å². The average Bonchev–Trinajstić information content (AvgIpc) is 2.69. The van der Waals surface area contributed by atoms with E-state index in [4.69, 9.17) is 16.3 Å². The number of halogens is 1. The monoisotopic (exact) mass is 389 g/mol. The maximum absolute atomic E-state index is 11.7. The SMILES string of the molecule is O=C(COC(=O)CNC(=O)NCc1ccccc1)NCc1ccc(Cl)cc1. The first-order valence-corrected chi connectivity index (χ1v) is 8.63. The van der Waals surface area contributed by atoms with Crippen LogP contribution in [0, 0.1) is 0 Å². The smallest absolute Gasteiger partial charge is 0.325 e. The van der Waals surface area contributed by atoms with Gasteiger partial charge in [-0.25, -0.2) is 4.79 Å². The molecule has 0 saturated carbocycles. The van der Waals surface area contributed by atoms with Gasteiger partial charge in [-0.05, 0) is 23.3 Å². The van der Waals surface area contributed by atoms with Crippen LogP contribution in [-0.4, -0.2) is 31.1 Å². The molecule has 8 heteroatoms. The summed E-state index contributed by atoms with van der Waals surface area (Å²) in [5.41, 5.74) is 1.81. The second-order valence-corrected chi connectivity index (χ2v) is 6.02.